The van der Waals surface area contributed by atoms with E-state index in [9.17, 15) is 9.46 Å². The van der Waals surface area contributed by atoms with E-state index in [0.717, 1.165) is 5.52 Å². The Morgan fingerprint density at radius 2 is 1.46 bits per heavy atom. The van der Waals surface area contributed by atoms with Crippen molar-refractivity contribution in [2.75, 3.05) is 0 Å². The molecule has 2 aromatic carbocycles. The first-order valence-corrected chi connectivity index (χ1v) is 8.91. The number of fused-ring (bicyclic) bond motifs is 2. The number of hydrogen-bond acceptors (Lipinski definition) is 6. The van der Waals surface area contributed by atoms with Gasteiger partial charge in [-0.15, -0.1) is 10.2 Å². The molecule has 0 saturated carbocycles. The van der Waals surface area contributed by atoms with E-state index in [1.54, 1.807) is 18.2 Å². The average molecular weight is 344 g/mol. The first-order chi connectivity index (χ1) is 11.6. The summed E-state index contributed by atoms with van der Waals surface area (Å²) in [4.78, 5) is 10.1. The average Bonchev–Trinajstić information content (AvgIpc) is 3.17. The Morgan fingerprint density at radius 1 is 0.917 bits per heavy atom. The molecule has 10 heteroatoms. The van der Waals surface area contributed by atoms with Gasteiger partial charge in [0.25, 0.3) is 0 Å². The van der Waals surface area contributed by atoms with Gasteiger partial charge in [-0.05, 0) is 24.3 Å². The Kier molecular flexibility index (Phi) is 3.61. The molecule has 1 unspecified atom stereocenters. The normalized spacial score (nSPS) is 14.2. The standard InChI is InChI=1S/C14H13N6O3P/c21-24(22,10-20-14-8-4-2-6-12(14)16-18-20)23-9-19-13-7-3-1-5-11(13)15-17-19/h1-8H,9-10H2,(H,21,22). The van der Waals surface area contributed by atoms with E-state index >= 15 is 0 Å². The second kappa shape index (κ2) is 5.79. The Bertz CT molecular complexity index is 1060. The van der Waals surface area contributed by atoms with E-state index in [4.69, 9.17) is 4.52 Å². The second-order valence-electron chi connectivity index (χ2n) is 5.19. The minimum absolute atomic E-state index is 0.180. The summed E-state index contributed by atoms with van der Waals surface area (Å²) in [6.07, 6.45) is -0.292. The van der Waals surface area contributed by atoms with Crippen molar-refractivity contribution in [1.82, 2.24) is 30.0 Å². The second-order valence-corrected chi connectivity index (χ2v) is 7.01. The highest BCUT2D eigenvalue weighted by molar-refractivity contribution is 7.51. The van der Waals surface area contributed by atoms with Crippen molar-refractivity contribution in [1.29, 1.82) is 0 Å². The van der Waals surface area contributed by atoms with Crippen LogP contribution in [-0.2, 0) is 22.1 Å². The molecular weight excluding hydrogens is 331 g/mol. The molecule has 0 bridgehead atoms. The quantitative estimate of drug-likeness (QED) is 0.552. The fourth-order valence-electron chi connectivity index (χ4n) is 2.39. The van der Waals surface area contributed by atoms with Gasteiger partial charge in [0.15, 0.2) is 6.73 Å². The van der Waals surface area contributed by atoms with Crippen molar-refractivity contribution < 1.29 is 14.0 Å². The summed E-state index contributed by atoms with van der Waals surface area (Å²) < 4.78 is 20.3. The van der Waals surface area contributed by atoms with Gasteiger partial charge < -0.3 is 4.89 Å². The van der Waals surface area contributed by atoms with Crippen LogP contribution >= 0.6 is 7.60 Å². The lowest BCUT2D eigenvalue weighted by atomic mass is 10.3. The van der Waals surface area contributed by atoms with Crippen molar-refractivity contribution in [3.05, 3.63) is 48.5 Å². The molecule has 122 valence electrons. The highest BCUT2D eigenvalue weighted by Gasteiger charge is 2.23. The van der Waals surface area contributed by atoms with Crippen LogP contribution in [0.3, 0.4) is 0 Å². The zero-order valence-corrected chi connectivity index (χ0v) is 13.3. The van der Waals surface area contributed by atoms with Crippen LogP contribution in [0.25, 0.3) is 22.1 Å². The molecule has 0 spiro atoms. The summed E-state index contributed by atoms with van der Waals surface area (Å²) in [7, 11) is -3.93. The highest BCUT2D eigenvalue weighted by atomic mass is 31.2. The van der Waals surface area contributed by atoms with Crippen molar-refractivity contribution in [3.63, 3.8) is 0 Å². The van der Waals surface area contributed by atoms with E-state index in [0.29, 0.717) is 16.6 Å². The van der Waals surface area contributed by atoms with Crippen LogP contribution in [0.4, 0.5) is 0 Å². The fourth-order valence-corrected chi connectivity index (χ4v) is 3.31. The molecule has 24 heavy (non-hydrogen) atoms. The van der Waals surface area contributed by atoms with Crippen LogP contribution in [0, 0.1) is 0 Å². The predicted octanol–water partition coefficient (Wildman–Crippen LogP) is 1.99. The third-order valence-corrected chi connectivity index (χ3v) is 4.68. The molecule has 0 amide bonds. The van der Waals surface area contributed by atoms with Gasteiger partial charge in [0.05, 0.1) is 11.0 Å². The van der Waals surface area contributed by atoms with Gasteiger partial charge in [-0.25, -0.2) is 9.36 Å². The Morgan fingerprint density at radius 3 is 2.12 bits per heavy atom. The summed E-state index contributed by atoms with van der Waals surface area (Å²) in [5.41, 5.74) is 2.74. The van der Waals surface area contributed by atoms with E-state index in [1.165, 1.54) is 9.36 Å². The third kappa shape index (κ3) is 2.80. The van der Waals surface area contributed by atoms with Crippen LogP contribution in [0.15, 0.2) is 48.5 Å². The number of benzene rings is 2. The van der Waals surface area contributed by atoms with Gasteiger partial charge in [0.1, 0.15) is 17.3 Å². The van der Waals surface area contributed by atoms with Gasteiger partial charge in [0.2, 0.25) is 0 Å². The van der Waals surface area contributed by atoms with E-state index in [1.807, 2.05) is 30.3 Å². The SMILES string of the molecule is O=P(O)(Cn1nnc2ccccc21)OCn1nnc2ccccc21. The van der Waals surface area contributed by atoms with Crippen LogP contribution in [-0.4, -0.2) is 34.9 Å². The summed E-state index contributed by atoms with van der Waals surface area (Å²) in [5.74, 6) is 0. The molecular formula is C14H13N6O3P. The summed E-state index contributed by atoms with van der Waals surface area (Å²) in [6.45, 7) is -0.180. The minimum atomic E-state index is -3.93. The first kappa shape index (κ1) is 14.9. The maximum atomic E-state index is 12.3. The van der Waals surface area contributed by atoms with Crippen molar-refractivity contribution >= 4 is 29.7 Å². The van der Waals surface area contributed by atoms with Gasteiger partial charge in [0, 0.05) is 0 Å². The smallest absolute Gasteiger partial charge is 0.323 e. The third-order valence-electron chi connectivity index (χ3n) is 3.53. The molecule has 0 aliphatic carbocycles. The molecule has 0 saturated heterocycles. The van der Waals surface area contributed by atoms with Crippen LogP contribution < -0.4 is 0 Å². The molecule has 2 heterocycles. The van der Waals surface area contributed by atoms with Crippen LogP contribution in [0.2, 0.25) is 0 Å². The molecule has 0 aliphatic heterocycles. The Hall–Kier alpha value is -2.61. The zero-order chi connectivity index (χ0) is 16.6. The van der Waals surface area contributed by atoms with Crippen molar-refractivity contribution in [2.45, 2.75) is 13.0 Å². The highest BCUT2D eigenvalue weighted by Crippen LogP contribution is 2.44. The monoisotopic (exact) mass is 344 g/mol. The summed E-state index contributed by atoms with van der Waals surface area (Å²) >= 11 is 0. The van der Waals surface area contributed by atoms with E-state index in [-0.39, 0.29) is 13.0 Å². The molecule has 2 aromatic heterocycles. The van der Waals surface area contributed by atoms with Crippen molar-refractivity contribution in [3.8, 4) is 0 Å². The van der Waals surface area contributed by atoms with Crippen LogP contribution in [0.5, 0.6) is 0 Å². The van der Waals surface area contributed by atoms with Gasteiger partial charge in [-0.2, -0.15) is 0 Å². The van der Waals surface area contributed by atoms with E-state index in [2.05, 4.69) is 20.6 Å². The molecule has 0 fully saturated rings. The number of aromatic nitrogens is 6. The van der Waals surface area contributed by atoms with Gasteiger partial charge in [-0.3, -0.25) is 9.09 Å². The number of hydrogen-bond donors (Lipinski definition) is 1. The zero-order valence-electron chi connectivity index (χ0n) is 12.4. The topological polar surface area (TPSA) is 108 Å². The number of nitrogens with zero attached hydrogens (tertiary/aromatic N) is 6. The fraction of sp³-hybridized carbons (Fsp3) is 0.143. The minimum Gasteiger partial charge on any atom is -0.323 e. The predicted molar refractivity (Wildman–Crippen MR) is 86.0 cm³/mol. The molecule has 0 aliphatic rings. The number of para-hydroxylation sites is 2. The first-order valence-electron chi connectivity index (χ1n) is 7.15. The Labute approximate surface area is 136 Å². The summed E-state index contributed by atoms with van der Waals surface area (Å²) in [5, 5.41) is 15.7. The Balaban J connectivity index is 1.52. The molecule has 0 radical (unpaired) electrons. The van der Waals surface area contributed by atoms with Crippen LogP contribution in [0.1, 0.15) is 0 Å². The van der Waals surface area contributed by atoms with Crippen molar-refractivity contribution in [2.24, 2.45) is 0 Å². The lowest BCUT2D eigenvalue weighted by Gasteiger charge is -2.12. The lowest BCUT2D eigenvalue weighted by molar-refractivity contribution is 0.186. The maximum absolute atomic E-state index is 12.3. The van der Waals surface area contributed by atoms with Gasteiger partial charge >= 0.3 is 7.60 Å². The molecule has 9 nitrogen and oxygen atoms in total. The largest absolute Gasteiger partial charge is 0.351 e. The molecule has 4 aromatic rings. The number of rotatable bonds is 5. The molecule has 1 N–H and O–H groups in total. The maximum Gasteiger partial charge on any atom is 0.351 e. The van der Waals surface area contributed by atoms with Gasteiger partial charge in [-0.1, -0.05) is 34.7 Å². The molecule has 4 rings (SSSR count). The molecule has 1 atom stereocenters. The lowest BCUT2D eigenvalue weighted by Crippen LogP contribution is -2.07. The summed E-state index contributed by atoms with van der Waals surface area (Å²) in [6, 6.07) is 14.5. The van der Waals surface area contributed by atoms with E-state index < -0.39 is 7.60 Å².